The number of nitrogens with two attached hydrogens (primary N) is 2. The molecule has 2 saturated carbocycles. The lowest BCUT2D eigenvalue weighted by Gasteiger charge is -2.57. The molecule has 0 atom stereocenters. The van der Waals surface area contributed by atoms with Crippen molar-refractivity contribution in [1.29, 1.82) is 0 Å². The second kappa shape index (κ2) is 5.89. The summed E-state index contributed by atoms with van der Waals surface area (Å²) in [6, 6.07) is 3.78. The van der Waals surface area contributed by atoms with E-state index in [2.05, 4.69) is 9.88 Å². The molecule has 7 nitrogen and oxygen atoms in total. The molecule has 7 heteroatoms. The zero-order valence-corrected chi connectivity index (χ0v) is 14.4. The Hall–Kier alpha value is -2.31. The quantitative estimate of drug-likeness (QED) is 0.836. The lowest BCUT2D eigenvalue weighted by atomic mass is 9.48. The second-order valence-electron chi connectivity index (χ2n) is 7.87. The molecule has 2 amide bonds. The molecule has 1 aliphatic heterocycles. The molecule has 3 aliphatic rings. The topological polar surface area (TPSA) is 106 Å². The fourth-order valence-corrected chi connectivity index (χ4v) is 4.71. The molecule has 25 heavy (non-hydrogen) atoms. The van der Waals surface area contributed by atoms with E-state index in [0.717, 1.165) is 57.5 Å². The fraction of sp³-hybridized carbons (Fsp3) is 0.611. The van der Waals surface area contributed by atoms with Crippen molar-refractivity contribution >= 4 is 23.3 Å². The van der Waals surface area contributed by atoms with Gasteiger partial charge in [0.1, 0.15) is 5.82 Å². The summed E-state index contributed by atoms with van der Waals surface area (Å²) in [6.07, 6.45) is 5.40. The van der Waals surface area contributed by atoms with Crippen LogP contribution in [0.3, 0.4) is 0 Å². The lowest BCUT2D eigenvalue weighted by Crippen LogP contribution is -2.57. The number of hydrogen-bond acceptors (Lipinski definition) is 5. The molecule has 0 aromatic carbocycles. The van der Waals surface area contributed by atoms with E-state index in [1.807, 2.05) is 11.0 Å². The Labute approximate surface area is 147 Å². The van der Waals surface area contributed by atoms with Crippen molar-refractivity contribution in [2.75, 3.05) is 36.8 Å². The first-order chi connectivity index (χ1) is 12.0. The molecule has 4 N–H and O–H groups in total. The molecular formula is C18H25N5O2. The highest BCUT2D eigenvalue weighted by Gasteiger charge is 2.56. The van der Waals surface area contributed by atoms with E-state index < -0.39 is 0 Å². The number of piperazine rings is 1. The van der Waals surface area contributed by atoms with Crippen molar-refractivity contribution in [2.24, 2.45) is 23.0 Å². The van der Waals surface area contributed by atoms with Crippen LogP contribution in [0.25, 0.3) is 0 Å². The van der Waals surface area contributed by atoms with Gasteiger partial charge < -0.3 is 21.3 Å². The number of carbonyl (C=O) groups is 2. The van der Waals surface area contributed by atoms with Crippen LogP contribution in [-0.4, -0.2) is 47.9 Å². The Kier molecular flexibility index (Phi) is 3.81. The number of rotatable bonds is 3. The van der Waals surface area contributed by atoms with Crippen molar-refractivity contribution in [2.45, 2.75) is 25.7 Å². The van der Waals surface area contributed by atoms with E-state index >= 15 is 0 Å². The highest BCUT2D eigenvalue weighted by Crippen LogP contribution is 2.61. The first-order valence-corrected chi connectivity index (χ1v) is 9.00. The van der Waals surface area contributed by atoms with Crippen molar-refractivity contribution in [3.05, 3.63) is 18.3 Å². The Morgan fingerprint density at radius 1 is 1.04 bits per heavy atom. The highest BCUT2D eigenvalue weighted by atomic mass is 16.2. The molecule has 1 aromatic heterocycles. The first kappa shape index (κ1) is 16.2. The van der Waals surface area contributed by atoms with Crippen LogP contribution in [0.2, 0.25) is 0 Å². The van der Waals surface area contributed by atoms with Crippen LogP contribution in [0.5, 0.6) is 0 Å². The summed E-state index contributed by atoms with van der Waals surface area (Å²) >= 11 is 0. The largest absolute Gasteiger partial charge is 0.384 e. The monoisotopic (exact) mass is 343 g/mol. The second-order valence-corrected chi connectivity index (χ2v) is 7.87. The van der Waals surface area contributed by atoms with Crippen molar-refractivity contribution in [1.82, 2.24) is 9.88 Å². The molecule has 1 saturated heterocycles. The van der Waals surface area contributed by atoms with E-state index in [1.165, 1.54) is 0 Å². The van der Waals surface area contributed by atoms with Crippen LogP contribution >= 0.6 is 0 Å². The number of carbonyl (C=O) groups excluding carboxylic acids is 2. The number of aromatic nitrogens is 1. The summed E-state index contributed by atoms with van der Waals surface area (Å²) in [6.45, 7) is 3.13. The molecule has 0 radical (unpaired) electrons. The summed E-state index contributed by atoms with van der Waals surface area (Å²) < 4.78 is 0. The SMILES string of the molecule is NC(=O)C1CC2(C1)CC(C(=O)N1CCN(c3ccc(N)nc3)CC1)C2. The van der Waals surface area contributed by atoms with E-state index in [1.54, 1.807) is 12.3 Å². The predicted octanol–water partition coefficient (Wildman–Crippen LogP) is 0.604. The Bertz CT molecular complexity index is 667. The van der Waals surface area contributed by atoms with E-state index in [9.17, 15) is 9.59 Å². The van der Waals surface area contributed by atoms with Crippen LogP contribution in [0.1, 0.15) is 25.7 Å². The normalized spacial score (nSPS) is 31.4. The predicted molar refractivity (Wildman–Crippen MR) is 94.5 cm³/mol. The minimum atomic E-state index is -0.186. The van der Waals surface area contributed by atoms with Gasteiger partial charge in [-0.05, 0) is 43.2 Å². The van der Waals surface area contributed by atoms with E-state index in [4.69, 9.17) is 11.5 Å². The summed E-state index contributed by atoms with van der Waals surface area (Å²) in [5, 5.41) is 0. The van der Waals surface area contributed by atoms with Gasteiger partial charge in [0.05, 0.1) is 11.9 Å². The standard InChI is InChI=1S/C18H25N5O2/c19-15-2-1-14(11-21-15)22-3-5-23(6-4-22)17(25)13-9-18(10-13)7-12(8-18)16(20)24/h1-2,11-13H,3-10H2,(H2,19,21)(H2,20,24). The molecule has 3 fully saturated rings. The van der Waals surface area contributed by atoms with Gasteiger partial charge >= 0.3 is 0 Å². The van der Waals surface area contributed by atoms with Crippen LogP contribution in [0, 0.1) is 17.3 Å². The summed E-state index contributed by atoms with van der Waals surface area (Å²) in [5.41, 5.74) is 12.3. The van der Waals surface area contributed by atoms with Gasteiger partial charge in [-0.25, -0.2) is 4.98 Å². The van der Waals surface area contributed by atoms with Crippen molar-refractivity contribution in [3.63, 3.8) is 0 Å². The van der Waals surface area contributed by atoms with Gasteiger partial charge in [-0.3, -0.25) is 9.59 Å². The number of anilines is 2. The number of pyridine rings is 1. The summed E-state index contributed by atoms with van der Waals surface area (Å²) in [5.74, 6) is 0.787. The molecular weight excluding hydrogens is 318 g/mol. The zero-order valence-electron chi connectivity index (χ0n) is 14.4. The van der Waals surface area contributed by atoms with Gasteiger partial charge in [0, 0.05) is 38.0 Å². The Morgan fingerprint density at radius 3 is 2.24 bits per heavy atom. The maximum atomic E-state index is 12.7. The van der Waals surface area contributed by atoms with Crippen LogP contribution in [0.15, 0.2) is 18.3 Å². The maximum Gasteiger partial charge on any atom is 0.225 e. The molecule has 2 heterocycles. The number of nitrogens with zero attached hydrogens (tertiary/aromatic N) is 3. The zero-order chi connectivity index (χ0) is 17.6. The molecule has 4 rings (SSSR count). The summed E-state index contributed by atoms with van der Waals surface area (Å²) in [4.78, 5) is 32.2. The minimum Gasteiger partial charge on any atom is -0.384 e. The van der Waals surface area contributed by atoms with Crippen LogP contribution in [-0.2, 0) is 9.59 Å². The molecule has 134 valence electrons. The number of amides is 2. The van der Waals surface area contributed by atoms with Gasteiger partial charge in [0.2, 0.25) is 11.8 Å². The third kappa shape index (κ3) is 2.92. The number of hydrogen-bond donors (Lipinski definition) is 2. The average molecular weight is 343 g/mol. The number of nitrogen functional groups attached to an aromatic ring is 1. The fourth-order valence-electron chi connectivity index (χ4n) is 4.71. The van der Waals surface area contributed by atoms with Crippen LogP contribution < -0.4 is 16.4 Å². The number of primary amides is 1. The molecule has 1 aromatic rings. The Morgan fingerprint density at radius 2 is 1.68 bits per heavy atom. The van der Waals surface area contributed by atoms with Gasteiger partial charge in [-0.1, -0.05) is 0 Å². The maximum absolute atomic E-state index is 12.7. The lowest BCUT2D eigenvalue weighted by molar-refractivity contribution is -0.155. The van der Waals surface area contributed by atoms with Gasteiger partial charge in [-0.2, -0.15) is 0 Å². The summed E-state index contributed by atoms with van der Waals surface area (Å²) in [7, 11) is 0. The smallest absolute Gasteiger partial charge is 0.225 e. The third-order valence-electron chi connectivity index (χ3n) is 6.20. The third-order valence-corrected chi connectivity index (χ3v) is 6.20. The van der Waals surface area contributed by atoms with Crippen LogP contribution in [0.4, 0.5) is 11.5 Å². The molecule has 2 aliphatic carbocycles. The molecule has 1 spiro atoms. The minimum absolute atomic E-state index is 0.0353. The molecule has 0 bridgehead atoms. The van der Waals surface area contributed by atoms with Crippen molar-refractivity contribution in [3.8, 4) is 0 Å². The van der Waals surface area contributed by atoms with E-state index in [0.29, 0.717) is 5.82 Å². The van der Waals surface area contributed by atoms with Gasteiger partial charge in [0.15, 0.2) is 0 Å². The highest BCUT2D eigenvalue weighted by molar-refractivity contribution is 5.81. The average Bonchev–Trinajstić information content (AvgIpc) is 2.52. The molecule has 0 unspecified atom stereocenters. The van der Waals surface area contributed by atoms with E-state index in [-0.39, 0.29) is 29.1 Å². The van der Waals surface area contributed by atoms with Gasteiger partial charge in [0.25, 0.3) is 0 Å². The van der Waals surface area contributed by atoms with Gasteiger partial charge in [-0.15, -0.1) is 0 Å². The first-order valence-electron chi connectivity index (χ1n) is 9.00. The van der Waals surface area contributed by atoms with Crippen molar-refractivity contribution < 1.29 is 9.59 Å². The Balaban J connectivity index is 1.25.